The molecule has 0 spiro atoms. The molecular formula is C10H21NO2S. The van der Waals surface area contributed by atoms with Crippen LogP contribution in [0.15, 0.2) is 0 Å². The normalized spacial score (nSPS) is 27.6. The van der Waals surface area contributed by atoms with Crippen LogP contribution in [0.5, 0.6) is 0 Å². The van der Waals surface area contributed by atoms with E-state index < -0.39 is 0 Å². The van der Waals surface area contributed by atoms with Gasteiger partial charge >= 0.3 is 0 Å². The predicted octanol–water partition coefficient (Wildman–Crippen LogP) is 1.39. The van der Waals surface area contributed by atoms with Crippen molar-refractivity contribution < 1.29 is 9.47 Å². The van der Waals surface area contributed by atoms with Gasteiger partial charge in [-0.25, -0.2) is 0 Å². The first-order valence-corrected chi connectivity index (χ1v) is 5.58. The fourth-order valence-electron chi connectivity index (χ4n) is 1.56. The van der Waals surface area contributed by atoms with Crippen molar-refractivity contribution in [2.24, 2.45) is 0 Å². The summed E-state index contributed by atoms with van der Waals surface area (Å²) in [6, 6.07) is 0. The number of methoxy groups -OCH3 is 1. The maximum Gasteiger partial charge on any atom is 0.0986 e. The number of rotatable bonds is 3. The molecule has 1 heterocycles. The maximum absolute atomic E-state index is 5.71. The van der Waals surface area contributed by atoms with E-state index in [-0.39, 0.29) is 17.1 Å². The lowest BCUT2D eigenvalue weighted by Gasteiger charge is -2.41. The van der Waals surface area contributed by atoms with Gasteiger partial charge in [0.25, 0.3) is 0 Å². The van der Waals surface area contributed by atoms with Gasteiger partial charge in [0, 0.05) is 20.2 Å². The fraction of sp³-hybridized carbons (Fsp3) is 1.00. The Morgan fingerprint density at radius 3 is 2.71 bits per heavy atom. The van der Waals surface area contributed by atoms with Crippen LogP contribution in [0.25, 0.3) is 0 Å². The molecule has 1 saturated heterocycles. The summed E-state index contributed by atoms with van der Waals surface area (Å²) < 4.78 is 11.1. The fourth-order valence-corrected chi connectivity index (χ4v) is 1.77. The topological polar surface area (TPSA) is 21.7 Å². The molecule has 0 aromatic heterocycles. The zero-order valence-corrected chi connectivity index (χ0v) is 10.4. The lowest BCUT2D eigenvalue weighted by Crippen LogP contribution is -2.53. The molecule has 1 fully saturated rings. The van der Waals surface area contributed by atoms with Crippen molar-refractivity contribution in [3.05, 3.63) is 0 Å². The van der Waals surface area contributed by atoms with Crippen LogP contribution >= 0.6 is 12.6 Å². The lowest BCUT2D eigenvalue weighted by atomic mass is 10.00. The average Bonchev–Trinajstić information content (AvgIpc) is 2.18. The Morgan fingerprint density at radius 2 is 2.21 bits per heavy atom. The molecule has 84 valence electrons. The smallest absolute Gasteiger partial charge is 0.0986 e. The van der Waals surface area contributed by atoms with Crippen molar-refractivity contribution in [3.8, 4) is 0 Å². The zero-order chi connectivity index (χ0) is 10.8. The van der Waals surface area contributed by atoms with Gasteiger partial charge in [-0.05, 0) is 20.8 Å². The number of morpholine rings is 1. The summed E-state index contributed by atoms with van der Waals surface area (Å²) in [4.78, 5) is 2.30. The second-order valence-corrected chi connectivity index (χ2v) is 5.04. The van der Waals surface area contributed by atoms with Crippen LogP contribution in [0.3, 0.4) is 0 Å². The predicted molar refractivity (Wildman–Crippen MR) is 60.8 cm³/mol. The summed E-state index contributed by atoms with van der Waals surface area (Å²) in [5.41, 5.74) is -0.221. The maximum atomic E-state index is 5.71. The minimum absolute atomic E-state index is 0.135. The van der Waals surface area contributed by atoms with Crippen LogP contribution in [0.2, 0.25) is 0 Å². The molecule has 0 amide bonds. The number of thiol groups is 1. The quantitative estimate of drug-likeness (QED) is 0.725. The Bertz CT molecular complexity index is 185. The number of nitrogens with zero attached hydrogens (tertiary/aromatic N) is 1. The molecule has 1 aliphatic rings. The molecule has 0 aromatic rings. The molecule has 0 aromatic carbocycles. The Morgan fingerprint density at radius 1 is 1.57 bits per heavy atom. The first kappa shape index (κ1) is 12.3. The van der Waals surface area contributed by atoms with Gasteiger partial charge in [-0.3, -0.25) is 4.90 Å². The van der Waals surface area contributed by atoms with Gasteiger partial charge in [-0.2, -0.15) is 12.6 Å². The third-order valence-electron chi connectivity index (χ3n) is 2.93. The van der Waals surface area contributed by atoms with Gasteiger partial charge in [-0.1, -0.05) is 0 Å². The number of hydrogen-bond donors (Lipinski definition) is 1. The highest BCUT2D eigenvalue weighted by molar-refractivity contribution is 7.80. The van der Waals surface area contributed by atoms with Crippen molar-refractivity contribution in [2.45, 2.75) is 37.9 Å². The summed E-state index contributed by atoms with van der Waals surface area (Å²) in [7, 11) is 1.73. The molecule has 0 bridgehead atoms. The summed E-state index contributed by atoms with van der Waals surface area (Å²) >= 11 is 4.44. The molecule has 1 rings (SSSR count). The van der Waals surface area contributed by atoms with Gasteiger partial charge in [0.05, 0.1) is 23.7 Å². The molecule has 2 atom stereocenters. The summed E-state index contributed by atoms with van der Waals surface area (Å²) in [6.45, 7) is 8.83. The third kappa shape index (κ3) is 2.86. The second-order valence-electron chi connectivity index (χ2n) is 4.29. The highest BCUT2D eigenvalue weighted by Crippen LogP contribution is 2.22. The molecule has 3 nitrogen and oxygen atoms in total. The van der Waals surface area contributed by atoms with E-state index in [0.29, 0.717) is 0 Å². The SMILES string of the molecule is COC(C)(C)[C@H]1CN(C(C)S)CCO1. The van der Waals surface area contributed by atoms with Gasteiger partial charge in [0.2, 0.25) is 0 Å². The minimum atomic E-state index is -0.221. The molecule has 4 heteroatoms. The molecule has 0 saturated carbocycles. The van der Waals surface area contributed by atoms with Gasteiger partial charge < -0.3 is 9.47 Å². The molecular weight excluding hydrogens is 198 g/mol. The number of hydrogen-bond acceptors (Lipinski definition) is 4. The summed E-state index contributed by atoms with van der Waals surface area (Å²) in [5.74, 6) is 0. The van der Waals surface area contributed by atoms with Crippen molar-refractivity contribution >= 4 is 12.6 Å². The molecule has 14 heavy (non-hydrogen) atoms. The third-order valence-corrected chi connectivity index (χ3v) is 3.25. The van der Waals surface area contributed by atoms with E-state index in [1.54, 1.807) is 7.11 Å². The number of ether oxygens (including phenoxy) is 2. The van der Waals surface area contributed by atoms with Crippen LogP contribution in [0, 0.1) is 0 Å². The van der Waals surface area contributed by atoms with E-state index in [1.165, 1.54) is 0 Å². The van der Waals surface area contributed by atoms with Crippen LogP contribution in [-0.2, 0) is 9.47 Å². The summed E-state index contributed by atoms with van der Waals surface area (Å²) in [6.07, 6.45) is 0.135. The molecule has 0 radical (unpaired) electrons. The Balaban J connectivity index is 2.56. The van der Waals surface area contributed by atoms with E-state index in [0.717, 1.165) is 19.7 Å². The van der Waals surface area contributed by atoms with Crippen molar-refractivity contribution in [3.63, 3.8) is 0 Å². The van der Waals surface area contributed by atoms with Crippen LogP contribution in [0.4, 0.5) is 0 Å². The van der Waals surface area contributed by atoms with Gasteiger partial charge in [0.15, 0.2) is 0 Å². The monoisotopic (exact) mass is 219 g/mol. The lowest BCUT2D eigenvalue weighted by molar-refractivity contribution is -0.142. The first-order valence-electron chi connectivity index (χ1n) is 5.06. The van der Waals surface area contributed by atoms with E-state index in [9.17, 15) is 0 Å². The highest BCUT2D eigenvalue weighted by atomic mass is 32.1. The standard InChI is InChI=1S/C10H21NO2S/c1-8(14)11-5-6-13-9(7-11)10(2,3)12-4/h8-9,14H,5-7H2,1-4H3/t8?,9-/m1/s1. The average molecular weight is 219 g/mol. The zero-order valence-electron chi connectivity index (χ0n) is 9.49. The van der Waals surface area contributed by atoms with E-state index in [1.807, 2.05) is 0 Å². The minimum Gasteiger partial charge on any atom is -0.376 e. The first-order chi connectivity index (χ1) is 6.47. The summed E-state index contributed by atoms with van der Waals surface area (Å²) in [5, 5.41) is 0.286. The van der Waals surface area contributed by atoms with Crippen LogP contribution in [-0.4, -0.2) is 48.8 Å². The molecule has 1 unspecified atom stereocenters. The van der Waals surface area contributed by atoms with Crippen molar-refractivity contribution in [2.75, 3.05) is 26.8 Å². The highest BCUT2D eigenvalue weighted by Gasteiger charge is 2.34. The molecule has 0 aliphatic carbocycles. The van der Waals surface area contributed by atoms with E-state index >= 15 is 0 Å². The van der Waals surface area contributed by atoms with Crippen molar-refractivity contribution in [1.82, 2.24) is 4.90 Å². The van der Waals surface area contributed by atoms with E-state index in [4.69, 9.17) is 9.47 Å². The van der Waals surface area contributed by atoms with E-state index in [2.05, 4.69) is 38.3 Å². The second kappa shape index (κ2) is 4.84. The molecule has 1 aliphatic heterocycles. The Labute approximate surface area is 92.2 Å². The Kier molecular flexibility index (Phi) is 4.25. The van der Waals surface area contributed by atoms with Crippen LogP contribution in [0.1, 0.15) is 20.8 Å². The van der Waals surface area contributed by atoms with Crippen molar-refractivity contribution in [1.29, 1.82) is 0 Å². The van der Waals surface area contributed by atoms with Gasteiger partial charge in [0.1, 0.15) is 0 Å². The largest absolute Gasteiger partial charge is 0.376 e. The Hall–Kier alpha value is 0.230. The molecule has 0 N–H and O–H groups in total. The van der Waals surface area contributed by atoms with Gasteiger partial charge in [-0.15, -0.1) is 0 Å². The van der Waals surface area contributed by atoms with Crippen LogP contribution < -0.4 is 0 Å².